The molecule has 0 spiro atoms. The molecule has 0 radical (unpaired) electrons. The molecule has 0 unspecified atom stereocenters. The van der Waals surface area contributed by atoms with E-state index >= 15 is 0 Å². The number of nitrogens with one attached hydrogen (secondary N) is 1. The standard InChI is InChI=1S/C17H21NO.C2H2O4/c1-19-17-11-10-13(12-18-14-6-2-3-7-14)15-8-4-5-9-16(15)17;3-1(4)2(5)6/h4-5,8-11,14,18H,2-3,6-7,12H2,1H3;(H,3,4)(H,5,6). The Bertz CT molecular complexity index is 726. The molecule has 1 saturated carbocycles. The summed E-state index contributed by atoms with van der Waals surface area (Å²) in [6.45, 7) is 0.954. The first-order chi connectivity index (χ1) is 12.0. The normalized spacial score (nSPS) is 14.0. The van der Waals surface area contributed by atoms with E-state index < -0.39 is 11.9 Å². The van der Waals surface area contributed by atoms with Gasteiger partial charge in [0.2, 0.25) is 0 Å². The number of fused-ring (bicyclic) bond motifs is 1. The molecule has 0 heterocycles. The molecule has 6 nitrogen and oxygen atoms in total. The number of hydrogen-bond acceptors (Lipinski definition) is 4. The molecule has 0 aromatic heterocycles. The van der Waals surface area contributed by atoms with Crippen LogP contribution in [0.15, 0.2) is 36.4 Å². The fourth-order valence-electron chi connectivity index (χ4n) is 3.05. The first kappa shape index (κ1) is 18.7. The Kier molecular flexibility index (Phi) is 6.77. The molecule has 2 aromatic rings. The average Bonchev–Trinajstić information content (AvgIpc) is 3.13. The Morgan fingerprint density at radius 3 is 2.20 bits per heavy atom. The Balaban J connectivity index is 0.000000326. The van der Waals surface area contributed by atoms with Gasteiger partial charge >= 0.3 is 11.9 Å². The van der Waals surface area contributed by atoms with Crippen molar-refractivity contribution in [1.29, 1.82) is 0 Å². The fourth-order valence-corrected chi connectivity index (χ4v) is 3.05. The van der Waals surface area contributed by atoms with E-state index in [9.17, 15) is 0 Å². The Hall–Kier alpha value is -2.60. The summed E-state index contributed by atoms with van der Waals surface area (Å²) < 4.78 is 5.44. The van der Waals surface area contributed by atoms with Crippen molar-refractivity contribution in [3.05, 3.63) is 42.0 Å². The zero-order valence-electron chi connectivity index (χ0n) is 14.2. The monoisotopic (exact) mass is 345 g/mol. The van der Waals surface area contributed by atoms with Crippen molar-refractivity contribution in [3.63, 3.8) is 0 Å². The second kappa shape index (κ2) is 9.03. The second-order valence-corrected chi connectivity index (χ2v) is 5.95. The van der Waals surface area contributed by atoms with E-state index in [1.54, 1.807) is 7.11 Å². The van der Waals surface area contributed by atoms with Crippen LogP contribution in [0.2, 0.25) is 0 Å². The first-order valence-corrected chi connectivity index (χ1v) is 8.27. The molecule has 0 saturated heterocycles. The molecule has 1 aliphatic rings. The van der Waals surface area contributed by atoms with Crippen LogP contribution in [0, 0.1) is 0 Å². The van der Waals surface area contributed by atoms with Crippen molar-refractivity contribution in [1.82, 2.24) is 5.32 Å². The largest absolute Gasteiger partial charge is 0.496 e. The number of methoxy groups -OCH3 is 1. The maximum Gasteiger partial charge on any atom is 0.414 e. The predicted molar refractivity (Wildman–Crippen MR) is 94.9 cm³/mol. The maximum atomic E-state index is 9.10. The highest BCUT2D eigenvalue weighted by molar-refractivity contribution is 6.27. The number of rotatable bonds is 4. The second-order valence-electron chi connectivity index (χ2n) is 5.95. The highest BCUT2D eigenvalue weighted by Crippen LogP contribution is 2.28. The van der Waals surface area contributed by atoms with E-state index in [1.807, 2.05) is 0 Å². The van der Waals surface area contributed by atoms with E-state index in [0.717, 1.165) is 12.3 Å². The molecular weight excluding hydrogens is 322 g/mol. The van der Waals surface area contributed by atoms with E-state index in [-0.39, 0.29) is 0 Å². The minimum Gasteiger partial charge on any atom is -0.496 e. The quantitative estimate of drug-likeness (QED) is 0.737. The van der Waals surface area contributed by atoms with Crippen molar-refractivity contribution < 1.29 is 24.5 Å². The van der Waals surface area contributed by atoms with Crippen LogP contribution >= 0.6 is 0 Å². The topological polar surface area (TPSA) is 95.9 Å². The van der Waals surface area contributed by atoms with Crippen molar-refractivity contribution >= 4 is 22.7 Å². The van der Waals surface area contributed by atoms with E-state index in [0.29, 0.717) is 6.04 Å². The molecule has 0 bridgehead atoms. The number of hydrogen-bond donors (Lipinski definition) is 3. The number of carboxylic acids is 2. The summed E-state index contributed by atoms with van der Waals surface area (Å²) in [5.41, 5.74) is 1.36. The van der Waals surface area contributed by atoms with Crippen molar-refractivity contribution in [3.8, 4) is 5.75 Å². The van der Waals surface area contributed by atoms with Gasteiger partial charge in [-0.25, -0.2) is 9.59 Å². The van der Waals surface area contributed by atoms with Gasteiger partial charge in [-0.05, 0) is 29.9 Å². The molecule has 25 heavy (non-hydrogen) atoms. The lowest BCUT2D eigenvalue weighted by Crippen LogP contribution is -2.25. The van der Waals surface area contributed by atoms with Gasteiger partial charge in [-0.3, -0.25) is 0 Å². The predicted octanol–water partition coefficient (Wildman–Crippen LogP) is 3.04. The van der Waals surface area contributed by atoms with E-state index in [2.05, 4.69) is 41.7 Å². The van der Waals surface area contributed by atoms with Crippen LogP contribution in [-0.4, -0.2) is 35.3 Å². The highest BCUT2D eigenvalue weighted by Gasteiger charge is 2.14. The third kappa shape index (κ3) is 5.19. The van der Waals surface area contributed by atoms with Gasteiger partial charge in [0.05, 0.1) is 7.11 Å². The van der Waals surface area contributed by atoms with Crippen molar-refractivity contribution in [2.24, 2.45) is 0 Å². The molecule has 3 N–H and O–H groups in total. The summed E-state index contributed by atoms with van der Waals surface area (Å²) in [6.07, 6.45) is 5.41. The molecule has 6 heteroatoms. The molecule has 0 atom stereocenters. The van der Waals surface area contributed by atoms with Gasteiger partial charge in [0.15, 0.2) is 0 Å². The lowest BCUT2D eigenvalue weighted by atomic mass is 10.0. The molecule has 134 valence electrons. The zero-order chi connectivity index (χ0) is 18.2. The summed E-state index contributed by atoms with van der Waals surface area (Å²) in [4.78, 5) is 18.2. The molecule has 0 aliphatic heterocycles. The minimum absolute atomic E-state index is 0.709. The van der Waals surface area contributed by atoms with Gasteiger partial charge in [0, 0.05) is 18.0 Å². The Morgan fingerprint density at radius 1 is 1.04 bits per heavy atom. The first-order valence-electron chi connectivity index (χ1n) is 8.27. The van der Waals surface area contributed by atoms with Crippen LogP contribution in [0.5, 0.6) is 5.75 Å². The SMILES string of the molecule is COc1ccc(CNC2CCCC2)c2ccccc12.O=C(O)C(=O)O. The lowest BCUT2D eigenvalue weighted by molar-refractivity contribution is -0.159. The third-order valence-electron chi connectivity index (χ3n) is 4.31. The Labute approximate surface area is 146 Å². The number of carboxylic acid groups (broad SMARTS) is 2. The molecule has 3 rings (SSSR count). The average molecular weight is 345 g/mol. The highest BCUT2D eigenvalue weighted by atomic mass is 16.5. The molecule has 2 aromatic carbocycles. The zero-order valence-corrected chi connectivity index (χ0v) is 14.2. The van der Waals surface area contributed by atoms with Gasteiger partial charge < -0.3 is 20.3 Å². The van der Waals surface area contributed by atoms with Crippen molar-refractivity contribution in [2.45, 2.75) is 38.3 Å². The molecule has 0 amide bonds. The third-order valence-corrected chi connectivity index (χ3v) is 4.31. The van der Waals surface area contributed by atoms with Gasteiger partial charge in [-0.15, -0.1) is 0 Å². The van der Waals surface area contributed by atoms with Gasteiger partial charge in [-0.2, -0.15) is 0 Å². The number of ether oxygens (including phenoxy) is 1. The smallest absolute Gasteiger partial charge is 0.414 e. The van der Waals surface area contributed by atoms with Crippen molar-refractivity contribution in [2.75, 3.05) is 7.11 Å². The summed E-state index contributed by atoms with van der Waals surface area (Å²) in [5, 5.41) is 21.0. The van der Waals surface area contributed by atoms with Crippen LogP contribution in [0.1, 0.15) is 31.2 Å². The van der Waals surface area contributed by atoms with Crippen LogP contribution in [0.4, 0.5) is 0 Å². The maximum absolute atomic E-state index is 9.10. The Morgan fingerprint density at radius 2 is 1.64 bits per heavy atom. The van der Waals surface area contributed by atoms with Gasteiger partial charge in [0.1, 0.15) is 5.75 Å². The summed E-state index contributed by atoms with van der Waals surface area (Å²) in [6, 6.07) is 13.5. The number of aliphatic carboxylic acids is 2. The molecular formula is C19H23NO5. The van der Waals surface area contributed by atoms with Crippen LogP contribution in [0.3, 0.4) is 0 Å². The van der Waals surface area contributed by atoms with Crippen LogP contribution < -0.4 is 10.1 Å². The molecule has 1 fully saturated rings. The number of carbonyl (C=O) groups is 2. The van der Waals surface area contributed by atoms with E-state index in [1.165, 1.54) is 42.0 Å². The minimum atomic E-state index is -1.82. The fraction of sp³-hybridized carbons (Fsp3) is 0.368. The summed E-state index contributed by atoms with van der Waals surface area (Å²) >= 11 is 0. The van der Waals surface area contributed by atoms with Crippen LogP contribution in [0.25, 0.3) is 10.8 Å². The number of benzene rings is 2. The summed E-state index contributed by atoms with van der Waals surface area (Å²) in [5.74, 6) is -2.69. The van der Waals surface area contributed by atoms with Gasteiger partial charge in [0.25, 0.3) is 0 Å². The summed E-state index contributed by atoms with van der Waals surface area (Å²) in [7, 11) is 1.73. The van der Waals surface area contributed by atoms with Crippen LogP contribution in [-0.2, 0) is 16.1 Å². The lowest BCUT2D eigenvalue weighted by Gasteiger charge is -2.14. The molecule has 1 aliphatic carbocycles. The van der Waals surface area contributed by atoms with Gasteiger partial charge in [-0.1, -0.05) is 43.2 Å². The van der Waals surface area contributed by atoms with E-state index in [4.69, 9.17) is 24.5 Å².